The van der Waals surface area contributed by atoms with Crippen LogP contribution in [0.1, 0.15) is 50.6 Å². The van der Waals surface area contributed by atoms with Gasteiger partial charge in [0, 0.05) is 36.8 Å². The molecule has 1 unspecified atom stereocenters. The quantitative estimate of drug-likeness (QED) is 0.340. The van der Waals surface area contributed by atoms with E-state index in [2.05, 4.69) is 15.8 Å². The van der Waals surface area contributed by atoms with Crippen LogP contribution < -0.4 is 15.4 Å². The van der Waals surface area contributed by atoms with Gasteiger partial charge in [0.25, 0.3) is 0 Å². The molecule has 11 nitrogen and oxygen atoms in total. The van der Waals surface area contributed by atoms with Crippen molar-refractivity contribution in [2.45, 2.75) is 72.1 Å². The number of amides is 1. The number of piperidine rings is 1. The van der Waals surface area contributed by atoms with Gasteiger partial charge in [-0.05, 0) is 73.6 Å². The molecule has 3 N–H and O–H groups in total. The van der Waals surface area contributed by atoms with E-state index in [1.165, 1.54) is 0 Å². The number of aromatic nitrogens is 3. The molecular weight excluding hydrogens is 524 g/mol. The van der Waals surface area contributed by atoms with Crippen molar-refractivity contribution in [2.75, 3.05) is 38.6 Å². The molecule has 1 amide bonds. The SMILES string of the molecule is CNCC(O)COc1cccc(-c2nc(NC3CCN(C(=O)OC(C)(C)C)CC3)c(C)c(-c3c(C)noc3C)n2)c1. The maximum absolute atomic E-state index is 12.5. The lowest BCUT2D eigenvalue weighted by Gasteiger charge is -2.34. The standard InChI is InChI=1S/C30H42N6O5/c1-18-26(25-19(2)35-41-20(25)3)33-28(21-9-8-10-24(15-21)39-17-23(37)16-31-7)34-27(18)32-22-11-13-36(14-12-22)29(38)40-30(4,5)6/h8-10,15,22-23,31,37H,11-14,16-17H2,1-7H3,(H,32,33,34). The van der Waals surface area contributed by atoms with E-state index in [0.717, 1.165) is 46.7 Å². The van der Waals surface area contributed by atoms with Gasteiger partial charge in [0.2, 0.25) is 0 Å². The molecule has 0 bridgehead atoms. The Kier molecular flexibility index (Phi) is 9.49. The van der Waals surface area contributed by atoms with Gasteiger partial charge in [0.05, 0.1) is 17.0 Å². The molecule has 3 aromatic rings. The third-order valence-corrected chi connectivity index (χ3v) is 6.88. The molecule has 1 aliphatic rings. The summed E-state index contributed by atoms with van der Waals surface area (Å²) in [6.45, 7) is 13.2. The Balaban J connectivity index is 1.60. The van der Waals surface area contributed by atoms with Gasteiger partial charge in [-0.3, -0.25) is 0 Å². The molecular formula is C30H42N6O5. The highest BCUT2D eigenvalue weighted by Crippen LogP contribution is 2.34. The number of likely N-dealkylation sites (N-methyl/N-ethyl adjacent to an activating group) is 1. The van der Waals surface area contributed by atoms with Gasteiger partial charge in [-0.2, -0.15) is 0 Å². The first-order chi connectivity index (χ1) is 19.4. The number of likely N-dealkylation sites (tertiary alicyclic amines) is 1. The lowest BCUT2D eigenvalue weighted by atomic mass is 10.0. The largest absolute Gasteiger partial charge is 0.491 e. The summed E-state index contributed by atoms with van der Waals surface area (Å²) in [6.07, 6.45) is 0.620. The van der Waals surface area contributed by atoms with Crippen LogP contribution in [0, 0.1) is 20.8 Å². The third-order valence-electron chi connectivity index (χ3n) is 6.88. The molecule has 1 aromatic carbocycles. The van der Waals surface area contributed by atoms with Crippen molar-refractivity contribution in [2.24, 2.45) is 0 Å². The zero-order valence-electron chi connectivity index (χ0n) is 25.1. The van der Waals surface area contributed by atoms with Crippen LogP contribution >= 0.6 is 0 Å². The van der Waals surface area contributed by atoms with Gasteiger partial charge < -0.3 is 34.6 Å². The molecule has 0 saturated carbocycles. The van der Waals surface area contributed by atoms with Crippen LogP contribution in [0.3, 0.4) is 0 Å². The highest BCUT2D eigenvalue weighted by molar-refractivity contribution is 5.74. The average molecular weight is 567 g/mol. The number of hydrogen-bond acceptors (Lipinski definition) is 10. The van der Waals surface area contributed by atoms with Gasteiger partial charge in [-0.15, -0.1) is 0 Å². The van der Waals surface area contributed by atoms with Crippen molar-refractivity contribution in [1.29, 1.82) is 0 Å². The van der Waals surface area contributed by atoms with Crippen LogP contribution in [0.5, 0.6) is 5.75 Å². The molecule has 0 spiro atoms. The van der Waals surface area contributed by atoms with Gasteiger partial charge in [-0.1, -0.05) is 17.3 Å². The molecule has 3 heterocycles. The average Bonchev–Trinajstić information content (AvgIpc) is 3.26. The van der Waals surface area contributed by atoms with E-state index in [9.17, 15) is 9.90 Å². The van der Waals surface area contributed by atoms with Gasteiger partial charge in [-0.25, -0.2) is 14.8 Å². The van der Waals surface area contributed by atoms with Crippen molar-refractivity contribution in [3.8, 4) is 28.4 Å². The van der Waals surface area contributed by atoms with Gasteiger partial charge in [0.1, 0.15) is 35.6 Å². The Hall–Kier alpha value is -3.70. The molecule has 0 radical (unpaired) electrons. The van der Waals surface area contributed by atoms with Crippen LogP contribution in [0.25, 0.3) is 22.6 Å². The number of nitrogens with zero attached hydrogens (tertiary/aromatic N) is 4. The number of aryl methyl sites for hydroxylation is 2. The van der Waals surface area contributed by atoms with Gasteiger partial charge >= 0.3 is 6.09 Å². The van der Waals surface area contributed by atoms with E-state index < -0.39 is 11.7 Å². The van der Waals surface area contributed by atoms with E-state index >= 15 is 0 Å². The normalized spacial score (nSPS) is 15.1. The fourth-order valence-electron chi connectivity index (χ4n) is 4.79. The molecule has 0 aliphatic carbocycles. The first-order valence-corrected chi connectivity index (χ1v) is 14.1. The van der Waals surface area contributed by atoms with Crippen LogP contribution in [-0.2, 0) is 4.74 Å². The molecule has 2 aromatic heterocycles. The fourth-order valence-corrected chi connectivity index (χ4v) is 4.79. The molecule has 222 valence electrons. The highest BCUT2D eigenvalue weighted by atomic mass is 16.6. The van der Waals surface area contributed by atoms with E-state index in [-0.39, 0.29) is 18.7 Å². The molecule has 1 fully saturated rings. The maximum atomic E-state index is 12.5. The Bertz CT molecular complexity index is 1320. The van der Waals surface area contributed by atoms with E-state index in [1.807, 2.05) is 65.8 Å². The number of ether oxygens (including phenoxy) is 2. The smallest absolute Gasteiger partial charge is 0.410 e. The summed E-state index contributed by atoms with van der Waals surface area (Å²) in [5.74, 6) is 2.55. The highest BCUT2D eigenvalue weighted by Gasteiger charge is 2.28. The number of hydrogen-bond donors (Lipinski definition) is 3. The molecule has 4 rings (SSSR count). The van der Waals surface area contributed by atoms with Crippen LogP contribution in [-0.4, -0.2) is 82.3 Å². The summed E-state index contributed by atoms with van der Waals surface area (Å²) in [7, 11) is 1.78. The number of aliphatic hydroxyl groups is 1. The predicted molar refractivity (Wildman–Crippen MR) is 157 cm³/mol. The third kappa shape index (κ3) is 7.74. The summed E-state index contributed by atoms with van der Waals surface area (Å²) >= 11 is 0. The topological polar surface area (TPSA) is 135 Å². The summed E-state index contributed by atoms with van der Waals surface area (Å²) in [6, 6.07) is 7.65. The molecule has 41 heavy (non-hydrogen) atoms. The lowest BCUT2D eigenvalue weighted by molar-refractivity contribution is 0.0210. The van der Waals surface area contributed by atoms with Crippen LogP contribution in [0.4, 0.5) is 10.6 Å². The summed E-state index contributed by atoms with van der Waals surface area (Å²) in [4.78, 5) is 24.2. The predicted octanol–water partition coefficient (Wildman–Crippen LogP) is 4.49. The number of anilines is 1. The monoisotopic (exact) mass is 566 g/mol. The molecule has 1 saturated heterocycles. The number of rotatable bonds is 9. The van der Waals surface area contributed by atoms with Crippen molar-refractivity contribution in [3.63, 3.8) is 0 Å². The van der Waals surface area contributed by atoms with Crippen molar-refractivity contribution >= 4 is 11.9 Å². The molecule has 1 atom stereocenters. The Morgan fingerprint density at radius 2 is 1.93 bits per heavy atom. The van der Waals surface area contributed by atoms with Crippen molar-refractivity contribution in [1.82, 2.24) is 25.3 Å². The first kappa shape index (κ1) is 30.3. The summed E-state index contributed by atoms with van der Waals surface area (Å²) in [5.41, 5.74) is 3.49. The lowest BCUT2D eigenvalue weighted by Crippen LogP contribution is -2.44. The zero-order chi connectivity index (χ0) is 29.7. The van der Waals surface area contributed by atoms with Crippen LogP contribution in [0.15, 0.2) is 28.8 Å². The van der Waals surface area contributed by atoms with E-state index in [4.69, 9.17) is 24.0 Å². The minimum atomic E-state index is -0.622. The Morgan fingerprint density at radius 3 is 2.56 bits per heavy atom. The Labute approximate surface area is 241 Å². The number of carbonyl (C=O) groups is 1. The zero-order valence-corrected chi connectivity index (χ0v) is 25.1. The first-order valence-electron chi connectivity index (χ1n) is 14.1. The van der Waals surface area contributed by atoms with E-state index in [0.29, 0.717) is 37.0 Å². The van der Waals surface area contributed by atoms with Crippen molar-refractivity contribution < 1.29 is 23.9 Å². The summed E-state index contributed by atoms with van der Waals surface area (Å²) in [5, 5.41) is 20.8. The second-order valence-electron chi connectivity index (χ2n) is 11.5. The maximum Gasteiger partial charge on any atom is 0.410 e. The number of carbonyl (C=O) groups excluding carboxylic acids is 1. The van der Waals surface area contributed by atoms with Gasteiger partial charge in [0.15, 0.2) is 5.82 Å². The van der Waals surface area contributed by atoms with E-state index in [1.54, 1.807) is 11.9 Å². The molecule has 1 aliphatic heterocycles. The second kappa shape index (κ2) is 12.9. The van der Waals surface area contributed by atoms with Crippen LogP contribution in [0.2, 0.25) is 0 Å². The molecule has 11 heteroatoms. The number of benzene rings is 1. The fraction of sp³-hybridized carbons (Fsp3) is 0.533. The Morgan fingerprint density at radius 1 is 1.20 bits per heavy atom. The summed E-state index contributed by atoms with van der Waals surface area (Å²) < 4.78 is 16.9. The van der Waals surface area contributed by atoms with Crippen molar-refractivity contribution in [3.05, 3.63) is 41.3 Å². The second-order valence-corrected chi connectivity index (χ2v) is 11.5. The minimum Gasteiger partial charge on any atom is -0.491 e. The number of aliphatic hydroxyl groups excluding tert-OH is 1. The number of nitrogens with one attached hydrogen (secondary N) is 2. The minimum absolute atomic E-state index is 0.121.